The topological polar surface area (TPSA) is 95.9 Å². The van der Waals surface area contributed by atoms with Gasteiger partial charge in [0.05, 0.1) is 5.75 Å². The number of nitrogens with zero attached hydrogens (tertiary/aromatic N) is 2. The van der Waals surface area contributed by atoms with Crippen molar-refractivity contribution >= 4 is 21.2 Å². The second kappa shape index (κ2) is 4.18. The van der Waals surface area contributed by atoms with E-state index in [2.05, 4.69) is 15.4 Å². The number of aryl methyl sites for hydroxylation is 1. The summed E-state index contributed by atoms with van der Waals surface area (Å²) in [5.41, 5.74) is 2.43. The van der Waals surface area contributed by atoms with Crippen molar-refractivity contribution in [3.63, 3.8) is 0 Å². The second-order valence-corrected chi connectivity index (χ2v) is 5.07. The number of fused-ring (bicyclic) bond motifs is 1. The van der Waals surface area contributed by atoms with E-state index in [-0.39, 0.29) is 5.75 Å². The molecular formula is C9H11N3O3S. The number of nitrogens with one attached hydrogen (secondary N) is 1. The fourth-order valence-corrected chi connectivity index (χ4v) is 2.08. The number of aromatic amines is 1. The van der Waals surface area contributed by atoms with Crippen molar-refractivity contribution < 1.29 is 13.0 Å². The third-order valence-electron chi connectivity index (χ3n) is 2.28. The number of aromatic nitrogens is 3. The van der Waals surface area contributed by atoms with Crippen LogP contribution in [0, 0.1) is 0 Å². The summed E-state index contributed by atoms with van der Waals surface area (Å²) in [7, 11) is -3.88. The highest BCUT2D eigenvalue weighted by atomic mass is 32.2. The molecule has 1 heterocycles. The van der Waals surface area contributed by atoms with Crippen molar-refractivity contribution in [1.29, 1.82) is 0 Å². The van der Waals surface area contributed by atoms with E-state index in [9.17, 15) is 8.42 Å². The van der Waals surface area contributed by atoms with Crippen molar-refractivity contribution in [2.45, 2.75) is 12.8 Å². The number of benzene rings is 1. The van der Waals surface area contributed by atoms with E-state index < -0.39 is 10.1 Å². The van der Waals surface area contributed by atoms with Gasteiger partial charge in [-0.25, -0.2) is 0 Å². The van der Waals surface area contributed by atoms with Gasteiger partial charge in [0.15, 0.2) is 0 Å². The Kier molecular flexibility index (Phi) is 2.88. The van der Waals surface area contributed by atoms with Gasteiger partial charge in [-0.05, 0) is 24.5 Å². The highest BCUT2D eigenvalue weighted by Gasteiger charge is 2.07. The molecule has 0 aliphatic rings. The number of H-pyrrole nitrogens is 1. The monoisotopic (exact) mass is 241 g/mol. The van der Waals surface area contributed by atoms with Crippen molar-refractivity contribution in [3.8, 4) is 0 Å². The van der Waals surface area contributed by atoms with Gasteiger partial charge in [-0.1, -0.05) is 12.1 Å². The maximum absolute atomic E-state index is 10.6. The molecule has 0 saturated heterocycles. The summed E-state index contributed by atoms with van der Waals surface area (Å²) in [5.74, 6) is -0.235. The Bertz CT molecular complexity index is 591. The summed E-state index contributed by atoms with van der Waals surface area (Å²) in [5, 5.41) is 10.4. The van der Waals surface area contributed by atoms with Crippen LogP contribution in [-0.2, 0) is 16.5 Å². The molecule has 0 aliphatic heterocycles. The molecule has 0 spiro atoms. The van der Waals surface area contributed by atoms with E-state index in [0.29, 0.717) is 12.8 Å². The van der Waals surface area contributed by atoms with Crippen molar-refractivity contribution in [2.24, 2.45) is 0 Å². The highest BCUT2D eigenvalue weighted by molar-refractivity contribution is 7.85. The lowest BCUT2D eigenvalue weighted by Crippen LogP contribution is -2.04. The first-order valence-corrected chi connectivity index (χ1v) is 6.41. The number of rotatable bonds is 4. The van der Waals surface area contributed by atoms with E-state index in [1.54, 1.807) is 0 Å². The third kappa shape index (κ3) is 2.56. The largest absolute Gasteiger partial charge is 0.286 e. The van der Waals surface area contributed by atoms with Crippen LogP contribution in [0.5, 0.6) is 0 Å². The molecule has 0 aliphatic carbocycles. The maximum atomic E-state index is 10.6. The van der Waals surface area contributed by atoms with Crippen LogP contribution in [0.3, 0.4) is 0 Å². The van der Waals surface area contributed by atoms with Crippen LogP contribution in [0.1, 0.15) is 12.0 Å². The van der Waals surface area contributed by atoms with Gasteiger partial charge in [-0.2, -0.15) is 23.8 Å². The summed E-state index contributed by atoms with van der Waals surface area (Å²) in [6, 6.07) is 5.54. The first-order valence-electron chi connectivity index (χ1n) is 4.80. The lowest BCUT2D eigenvalue weighted by molar-refractivity contribution is 0.481. The molecule has 2 rings (SSSR count). The van der Waals surface area contributed by atoms with E-state index in [1.807, 2.05) is 18.2 Å². The molecule has 0 unspecified atom stereocenters. The van der Waals surface area contributed by atoms with Gasteiger partial charge in [-0.3, -0.25) is 4.55 Å². The molecule has 0 bridgehead atoms. The summed E-state index contributed by atoms with van der Waals surface area (Å²) < 4.78 is 29.7. The van der Waals surface area contributed by atoms with Gasteiger partial charge >= 0.3 is 0 Å². The molecular weight excluding hydrogens is 230 g/mol. The molecule has 1 aromatic heterocycles. The average Bonchev–Trinajstić information content (AvgIpc) is 2.64. The van der Waals surface area contributed by atoms with Crippen LogP contribution in [0.15, 0.2) is 18.2 Å². The van der Waals surface area contributed by atoms with Crippen LogP contribution in [0.25, 0.3) is 11.0 Å². The van der Waals surface area contributed by atoms with Gasteiger partial charge in [0, 0.05) is 0 Å². The third-order valence-corrected chi connectivity index (χ3v) is 3.08. The van der Waals surface area contributed by atoms with Gasteiger partial charge in [0.2, 0.25) is 0 Å². The average molecular weight is 241 g/mol. The number of hydrogen-bond acceptors (Lipinski definition) is 4. The molecule has 86 valence electrons. The first kappa shape index (κ1) is 11.0. The SMILES string of the molecule is O=S(=O)(O)CCCc1cccc2n[nH]nc12. The molecule has 0 fully saturated rings. The molecule has 7 heteroatoms. The van der Waals surface area contributed by atoms with Gasteiger partial charge < -0.3 is 0 Å². The summed E-state index contributed by atoms with van der Waals surface area (Å²) in [6.45, 7) is 0. The van der Waals surface area contributed by atoms with E-state index in [0.717, 1.165) is 16.6 Å². The minimum absolute atomic E-state index is 0.235. The zero-order valence-electron chi connectivity index (χ0n) is 8.42. The Morgan fingerprint density at radius 3 is 2.88 bits per heavy atom. The quantitative estimate of drug-likeness (QED) is 0.771. The Hall–Kier alpha value is -1.47. The van der Waals surface area contributed by atoms with Crippen LogP contribution >= 0.6 is 0 Å². The Balaban J connectivity index is 2.12. The van der Waals surface area contributed by atoms with Gasteiger partial charge in [-0.15, -0.1) is 0 Å². The molecule has 2 N–H and O–H groups in total. The standard InChI is InChI=1S/C9H11N3O3S/c13-16(14,15)6-2-4-7-3-1-5-8-9(7)11-12-10-8/h1,3,5H,2,4,6H2,(H,10,11,12)(H,13,14,15). The summed E-state index contributed by atoms with van der Waals surface area (Å²) in [4.78, 5) is 0. The Labute approximate surface area is 92.4 Å². The first-order chi connectivity index (χ1) is 7.56. The molecule has 16 heavy (non-hydrogen) atoms. The van der Waals surface area contributed by atoms with E-state index in [1.165, 1.54) is 0 Å². The Morgan fingerprint density at radius 1 is 1.31 bits per heavy atom. The van der Waals surface area contributed by atoms with E-state index >= 15 is 0 Å². The van der Waals surface area contributed by atoms with Gasteiger partial charge in [0.1, 0.15) is 11.0 Å². The predicted molar refractivity (Wildman–Crippen MR) is 58.6 cm³/mol. The normalized spacial score (nSPS) is 12.1. The molecule has 6 nitrogen and oxygen atoms in total. The van der Waals surface area contributed by atoms with Crippen LogP contribution in [0.2, 0.25) is 0 Å². The zero-order chi connectivity index (χ0) is 11.6. The van der Waals surface area contributed by atoms with Crippen molar-refractivity contribution in [2.75, 3.05) is 5.75 Å². The molecule has 0 saturated carbocycles. The number of para-hydroxylation sites is 1. The Morgan fingerprint density at radius 2 is 2.12 bits per heavy atom. The van der Waals surface area contributed by atoms with Gasteiger partial charge in [0.25, 0.3) is 10.1 Å². The van der Waals surface area contributed by atoms with Crippen LogP contribution in [-0.4, -0.2) is 34.1 Å². The molecule has 2 aromatic rings. The van der Waals surface area contributed by atoms with Crippen molar-refractivity contribution in [3.05, 3.63) is 23.8 Å². The van der Waals surface area contributed by atoms with Crippen LogP contribution in [0.4, 0.5) is 0 Å². The number of hydrogen-bond donors (Lipinski definition) is 2. The molecule has 1 aromatic carbocycles. The van der Waals surface area contributed by atoms with Crippen LogP contribution < -0.4 is 0 Å². The highest BCUT2D eigenvalue weighted by Crippen LogP contribution is 2.15. The lowest BCUT2D eigenvalue weighted by atomic mass is 10.1. The lowest BCUT2D eigenvalue weighted by Gasteiger charge is -2.00. The fourth-order valence-electron chi connectivity index (χ4n) is 1.57. The summed E-state index contributed by atoms with van der Waals surface area (Å²) >= 11 is 0. The van der Waals surface area contributed by atoms with Crippen molar-refractivity contribution in [1.82, 2.24) is 15.4 Å². The second-order valence-electron chi connectivity index (χ2n) is 3.50. The predicted octanol–water partition coefficient (Wildman–Crippen LogP) is 0.778. The maximum Gasteiger partial charge on any atom is 0.264 e. The molecule has 0 radical (unpaired) electrons. The smallest absolute Gasteiger partial charge is 0.264 e. The minimum atomic E-state index is -3.88. The van der Waals surface area contributed by atoms with E-state index in [4.69, 9.17) is 4.55 Å². The molecule has 0 amide bonds. The zero-order valence-corrected chi connectivity index (χ0v) is 9.24. The fraction of sp³-hybridized carbons (Fsp3) is 0.333. The molecule has 0 atom stereocenters. The minimum Gasteiger partial charge on any atom is -0.286 e. The summed E-state index contributed by atoms with van der Waals surface area (Å²) in [6.07, 6.45) is 0.911.